The summed E-state index contributed by atoms with van der Waals surface area (Å²) in [5.41, 5.74) is 2.60. The van der Waals surface area contributed by atoms with E-state index in [2.05, 4.69) is 4.99 Å². The van der Waals surface area contributed by atoms with Gasteiger partial charge in [0, 0.05) is 23.6 Å². The quantitative estimate of drug-likeness (QED) is 0.341. The summed E-state index contributed by atoms with van der Waals surface area (Å²) < 4.78 is 34.7. The summed E-state index contributed by atoms with van der Waals surface area (Å²) in [6.45, 7) is 2.12. The third kappa shape index (κ3) is 5.02. The molecule has 0 atom stereocenters. The fourth-order valence-corrected chi connectivity index (χ4v) is 4.32. The first-order valence-electron chi connectivity index (χ1n) is 10.6. The number of hydrogen-bond donors (Lipinski definition) is 0. The first-order valence-corrected chi connectivity index (χ1v) is 11.5. The molecule has 2 heterocycles. The molecule has 1 aliphatic rings. The number of thiazole rings is 1. The Labute approximate surface area is 201 Å². The number of aromatic nitrogens is 1. The fraction of sp³-hybridized carbons (Fsp3) is 0.333. The maximum absolute atomic E-state index is 5.76. The van der Waals surface area contributed by atoms with E-state index in [4.69, 9.17) is 33.5 Å². The molecule has 0 radical (unpaired) electrons. The molecule has 3 aromatic rings. The molecule has 9 nitrogen and oxygen atoms in total. The summed E-state index contributed by atoms with van der Waals surface area (Å²) in [4.78, 5) is 5.40. The molecule has 10 heteroatoms. The molecular formula is C24H27N3O6S. The van der Waals surface area contributed by atoms with E-state index in [1.807, 2.05) is 35.7 Å². The van der Waals surface area contributed by atoms with Crippen molar-refractivity contribution in [1.29, 1.82) is 0 Å². The molecule has 0 bridgehead atoms. The highest BCUT2D eigenvalue weighted by Crippen LogP contribution is 2.38. The van der Waals surface area contributed by atoms with Crippen LogP contribution in [0.5, 0.6) is 28.7 Å². The van der Waals surface area contributed by atoms with Crippen molar-refractivity contribution in [3.05, 3.63) is 46.1 Å². The summed E-state index contributed by atoms with van der Waals surface area (Å²) in [5, 5.41) is 6.77. The van der Waals surface area contributed by atoms with E-state index in [0.717, 1.165) is 27.4 Å². The van der Waals surface area contributed by atoms with Crippen LogP contribution in [0.2, 0.25) is 0 Å². The highest BCUT2D eigenvalue weighted by atomic mass is 32.1. The third-order valence-electron chi connectivity index (χ3n) is 5.08. The summed E-state index contributed by atoms with van der Waals surface area (Å²) in [6, 6.07) is 9.53. The molecule has 180 valence electrons. The number of methoxy groups -OCH3 is 4. The molecular weight excluding hydrogens is 458 g/mol. The Hall–Kier alpha value is -3.50. The van der Waals surface area contributed by atoms with Crippen LogP contribution in [0.3, 0.4) is 0 Å². The molecule has 1 aromatic heterocycles. The van der Waals surface area contributed by atoms with Crippen molar-refractivity contribution < 1.29 is 28.4 Å². The minimum atomic E-state index is 0.522. The molecule has 1 aliphatic heterocycles. The predicted octanol–water partition coefficient (Wildman–Crippen LogP) is 3.44. The Kier molecular flexibility index (Phi) is 7.71. The zero-order valence-corrected chi connectivity index (χ0v) is 20.4. The summed E-state index contributed by atoms with van der Waals surface area (Å²) in [7, 11) is 6.39. The van der Waals surface area contributed by atoms with Gasteiger partial charge < -0.3 is 28.4 Å². The van der Waals surface area contributed by atoms with Gasteiger partial charge >= 0.3 is 0 Å². The SMILES string of the molecule is COCCN=c1scc(-c2ccc3c(c2)OCCO3)n1/N=C/c1cc(OC)c(OC)c(OC)c1. The van der Waals surface area contributed by atoms with Gasteiger partial charge in [-0.25, -0.2) is 4.68 Å². The number of hydrogen-bond acceptors (Lipinski definition) is 9. The minimum absolute atomic E-state index is 0.522. The van der Waals surface area contributed by atoms with E-state index >= 15 is 0 Å². The van der Waals surface area contributed by atoms with Gasteiger partial charge in [0.25, 0.3) is 0 Å². The molecule has 2 aromatic carbocycles. The minimum Gasteiger partial charge on any atom is -0.493 e. The number of benzene rings is 2. The average Bonchev–Trinajstić information content (AvgIpc) is 3.29. The van der Waals surface area contributed by atoms with Crippen molar-refractivity contribution in [3.8, 4) is 40.0 Å². The van der Waals surface area contributed by atoms with Gasteiger partial charge in [-0.05, 0) is 30.3 Å². The first kappa shape index (κ1) is 23.7. The topological polar surface area (TPSA) is 85.0 Å². The fourth-order valence-electron chi connectivity index (χ4n) is 3.45. The lowest BCUT2D eigenvalue weighted by Crippen LogP contribution is -2.16. The van der Waals surface area contributed by atoms with Crippen molar-refractivity contribution >= 4 is 17.6 Å². The summed E-state index contributed by atoms with van der Waals surface area (Å²) >= 11 is 1.50. The normalized spacial score (nSPS) is 13.4. The van der Waals surface area contributed by atoms with Crippen molar-refractivity contribution in [2.24, 2.45) is 10.1 Å². The number of nitrogens with zero attached hydrogens (tertiary/aromatic N) is 3. The van der Waals surface area contributed by atoms with Crippen LogP contribution in [-0.4, -0.2) is 65.7 Å². The second-order valence-electron chi connectivity index (χ2n) is 7.15. The van der Waals surface area contributed by atoms with Crippen LogP contribution < -0.4 is 28.5 Å². The van der Waals surface area contributed by atoms with Crippen LogP contribution >= 0.6 is 11.3 Å². The van der Waals surface area contributed by atoms with Gasteiger partial charge in [0.1, 0.15) is 13.2 Å². The lowest BCUT2D eigenvalue weighted by molar-refractivity contribution is 0.171. The predicted molar refractivity (Wildman–Crippen MR) is 130 cm³/mol. The van der Waals surface area contributed by atoms with Gasteiger partial charge in [0.05, 0.1) is 46.4 Å². The summed E-state index contributed by atoms with van der Waals surface area (Å²) in [5.74, 6) is 3.08. The number of rotatable bonds is 9. The van der Waals surface area contributed by atoms with Gasteiger partial charge in [-0.2, -0.15) is 5.10 Å². The van der Waals surface area contributed by atoms with Crippen molar-refractivity contribution in [2.45, 2.75) is 0 Å². The molecule has 0 unspecified atom stereocenters. The van der Waals surface area contributed by atoms with Crippen LogP contribution in [0, 0.1) is 0 Å². The molecule has 0 N–H and O–H groups in total. The lowest BCUT2D eigenvalue weighted by Gasteiger charge is -2.18. The monoisotopic (exact) mass is 485 g/mol. The molecule has 0 spiro atoms. The van der Waals surface area contributed by atoms with E-state index in [-0.39, 0.29) is 0 Å². The van der Waals surface area contributed by atoms with Crippen molar-refractivity contribution in [1.82, 2.24) is 4.68 Å². The molecule has 0 saturated heterocycles. The zero-order valence-electron chi connectivity index (χ0n) is 19.6. The Morgan fingerprint density at radius 2 is 1.71 bits per heavy atom. The number of fused-ring (bicyclic) bond motifs is 1. The van der Waals surface area contributed by atoms with Crippen LogP contribution in [0.25, 0.3) is 11.3 Å². The van der Waals surface area contributed by atoms with Crippen LogP contribution in [-0.2, 0) is 4.74 Å². The first-order chi connectivity index (χ1) is 16.7. The molecule has 34 heavy (non-hydrogen) atoms. The van der Waals surface area contributed by atoms with Gasteiger partial charge in [-0.15, -0.1) is 11.3 Å². The van der Waals surface area contributed by atoms with E-state index in [1.165, 1.54) is 11.3 Å². The Bertz CT molecular complexity index is 1210. The van der Waals surface area contributed by atoms with Gasteiger partial charge in [0.2, 0.25) is 10.6 Å². The Balaban J connectivity index is 1.77. The smallest absolute Gasteiger partial charge is 0.206 e. The number of ether oxygens (including phenoxy) is 6. The zero-order chi connectivity index (χ0) is 23.9. The summed E-state index contributed by atoms with van der Waals surface area (Å²) in [6.07, 6.45) is 1.73. The van der Waals surface area contributed by atoms with Gasteiger partial charge in [-0.1, -0.05) is 0 Å². The van der Waals surface area contributed by atoms with Gasteiger partial charge in [0.15, 0.2) is 23.0 Å². The van der Waals surface area contributed by atoms with Crippen molar-refractivity contribution in [3.63, 3.8) is 0 Å². The molecule has 0 amide bonds. The Morgan fingerprint density at radius 3 is 2.38 bits per heavy atom. The van der Waals surface area contributed by atoms with E-state index in [0.29, 0.717) is 49.4 Å². The molecule has 0 saturated carbocycles. The van der Waals surface area contributed by atoms with E-state index in [1.54, 1.807) is 39.3 Å². The largest absolute Gasteiger partial charge is 0.493 e. The third-order valence-corrected chi connectivity index (χ3v) is 5.93. The van der Waals surface area contributed by atoms with E-state index in [9.17, 15) is 0 Å². The second kappa shape index (κ2) is 11.1. The highest BCUT2D eigenvalue weighted by molar-refractivity contribution is 7.07. The van der Waals surface area contributed by atoms with E-state index < -0.39 is 0 Å². The molecule has 0 fully saturated rings. The maximum Gasteiger partial charge on any atom is 0.206 e. The average molecular weight is 486 g/mol. The van der Waals surface area contributed by atoms with Crippen LogP contribution in [0.4, 0.5) is 0 Å². The molecule has 4 rings (SSSR count). The highest BCUT2D eigenvalue weighted by Gasteiger charge is 2.16. The maximum atomic E-state index is 5.76. The molecule has 0 aliphatic carbocycles. The van der Waals surface area contributed by atoms with Crippen LogP contribution in [0.1, 0.15) is 5.56 Å². The van der Waals surface area contributed by atoms with Crippen molar-refractivity contribution in [2.75, 3.05) is 54.8 Å². The second-order valence-corrected chi connectivity index (χ2v) is 7.99. The van der Waals surface area contributed by atoms with Crippen LogP contribution in [0.15, 0.2) is 45.8 Å². The Morgan fingerprint density at radius 1 is 0.971 bits per heavy atom. The standard InChI is InChI=1S/C24H27N3O6S/c1-28-8-7-25-24-27(26-14-16-11-21(29-2)23(31-4)22(12-16)30-3)18(15-34-24)17-5-6-19-20(13-17)33-10-9-32-19/h5-6,11-15H,7-10H2,1-4H3/b25-24?,26-14+. The lowest BCUT2D eigenvalue weighted by atomic mass is 10.1. The van der Waals surface area contributed by atoms with Gasteiger partial charge in [-0.3, -0.25) is 4.99 Å².